The molecule has 0 aliphatic rings. The Hall–Kier alpha value is -0.860. The van der Waals surface area contributed by atoms with Gasteiger partial charge in [0.05, 0.1) is 5.92 Å². The molecule has 58 valence electrons. The second-order valence-electron chi connectivity index (χ2n) is 2.52. The van der Waals surface area contributed by atoms with Crippen LogP contribution in [0.15, 0.2) is 4.99 Å². The van der Waals surface area contributed by atoms with E-state index >= 15 is 0 Å². The topological polar surface area (TPSA) is 49.7 Å². The van der Waals surface area contributed by atoms with Crippen LogP contribution in [-0.2, 0) is 4.79 Å². The predicted molar refractivity (Wildman–Crippen MR) is 40.4 cm³/mol. The summed E-state index contributed by atoms with van der Waals surface area (Å²) in [5.41, 5.74) is 0. The smallest absolute Gasteiger partial charge is 0.311 e. The van der Waals surface area contributed by atoms with E-state index in [1.165, 1.54) is 6.21 Å². The van der Waals surface area contributed by atoms with Crippen LogP contribution in [0.3, 0.4) is 0 Å². The molecule has 0 aromatic carbocycles. The highest BCUT2D eigenvalue weighted by Gasteiger charge is 2.05. The molecule has 0 saturated carbocycles. The first kappa shape index (κ1) is 9.14. The molecule has 3 nitrogen and oxygen atoms in total. The standard InChI is InChI=1S/C7H13NO2/c1-5(2)8-4-6(3)7(9)10/h4-6H,1-3H3,(H,9,10). The van der Waals surface area contributed by atoms with Gasteiger partial charge >= 0.3 is 5.97 Å². The minimum absolute atomic E-state index is 0.182. The third-order valence-corrected chi connectivity index (χ3v) is 0.997. The Bertz CT molecular complexity index is 141. The van der Waals surface area contributed by atoms with Gasteiger partial charge in [-0.1, -0.05) is 0 Å². The number of rotatable bonds is 3. The Kier molecular flexibility index (Phi) is 3.69. The molecule has 0 bridgehead atoms. The highest BCUT2D eigenvalue weighted by molar-refractivity contribution is 5.87. The molecule has 0 aromatic heterocycles. The van der Waals surface area contributed by atoms with Gasteiger partial charge in [0.25, 0.3) is 0 Å². The lowest BCUT2D eigenvalue weighted by molar-refractivity contribution is -0.138. The SMILES string of the molecule is CC(C)N=CC(C)C(=O)O. The van der Waals surface area contributed by atoms with Crippen LogP contribution < -0.4 is 0 Å². The summed E-state index contributed by atoms with van der Waals surface area (Å²) in [7, 11) is 0. The highest BCUT2D eigenvalue weighted by atomic mass is 16.4. The zero-order chi connectivity index (χ0) is 8.15. The molecule has 0 rings (SSSR count). The first-order chi connectivity index (χ1) is 4.54. The first-order valence-electron chi connectivity index (χ1n) is 3.30. The van der Waals surface area contributed by atoms with E-state index < -0.39 is 11.9 Å². The molecule has 0 aromatic rings. The van der Waals surface area contributed by atoms with Gasteiger partial charge in [-0.05, 0) is 20.8 Å². The number of nitrogens with zero attached hydrogens (tertiary/aromatic N) is 1. The van der Waals surface area contributed by atoms with Crippen LogP contribution in [0, 0.1) is 5.92 Å². The molecule has 0 radical (unpaired) electrons. The van der Waals surface area contributed by atoms with Crippen molar-refractivity contribution in [2.45, 2.75) is 26.8 Å². The Labute approximate surface area is 60.8 Å². The maximum Gasteiger partial charge on any atom is 0.311 e. The quantitative estimate of drug-likeness (QED) is 0.603. The molecule has 0 spiro atoms. The molecule has 10 heavy (non-hydrogen) atoms. The molecule has 0 heterocycles. The maximum absolute atomic E-state index is 10.2. The Morgan fingerprint density at radius 2 is 2.00 bits per heavy atom. The second kappa shape index (κ2) is 4.04. The number of carboxylic acid groups (broad SMARTS) is 1. The largest absolute Gasteiger partial charge is 0.481 e. The maximum atomic E-state index is 10.2. The zero-order valence-electron chi connectivity index (χ0n) is 6.53. The van der Waals surface area contributed by atoms with Crippen LogP contribution >= 0.6 is 0 Å². The van der Waals surface area contributed by atoms with Gasteiger partial charge in [-0.15, -0.1) is 0 Å². The molecule has 0 amide bonds. The summed E-state index contributed by atoms with van der Waals surface area (Å²) in [6.45, 7) is 5.42. The minimum Gasteiger partial charge on any atom is -0.481 e. The Balaban J connectivity index is 3.77. The molecule has 0 fully saturated rings. The van der Waals surface area contributed by atoms with Crippen molar-refractivity contribution >= 4 is 12.2 Å². The van der Waals surface area contributed by atoms with E-state index in [0.29, 0.717) is 0 Å². The fraction of sp³-hybridized carbons (Fsp3) is 0.714. The summed E-state index contributed by atoms with van der Waals surface area (Å²) < 4.78 is 0. The van der Waals surface area contributed by atoms with E-state index in [9.17, 15) is 4.79 Å². The molecule has 0 aliphatic carbocycles. The van der Waals surface area contributed by atoms with E-state index in [-0.39, 0.29) is 6.04 Å². The lowest BCUT2D eigenvalue weighted by Crippen LogP contribution is -2.11. The summed E-state index contributed by atoms with van der Waals surface area (Å²) in [5.74, 6) is -1.30. The number of hydrogen-bond donors (Lipinski definition) is 1. The van der Waals surface area contributed by atoms with Crippen LogP contribution in [0.4, 0.5) is 0 Å². The van der Waals surface area contributed by atoms with Crippen molar-refractivity contribution in [3.05, 3.63) is 0 Å². The lowest BCUT2D eigenvalue weighted by Gasteiger charge is -1.98. The van der Waals surface area contributed by atoms with Crippen molar-refractivity contribution in [1.29, 1.82) is 0 Å². The molecule has 3 heteroatoms. The highest BCUT2D eigenvalue weighted by Crippen LogP contribution is 1.92. The normalized spacial score (nSPS) is 14.4. The molecule has 0 aliphatic heterocycles. The van der Waals surface area contributed by atoms with E-state index in [1.807, 2.05) is 13.8 Å². The van der Waals surface area contributed by atoms with Gasteiger partial charge in [0.1, 0.15) is 0 Å². The van der Waals surface area contributed by atoms with Gasteiger partial charge in [-0.25, -0.2) is 0 Å². The fourth-order valence-electron chi connectivity index (χ4n) is 0.365. The Morgan fingerprint density at radius 3 is 2.30 bits per heavy atom. The van der Waals surface area contributed by atoms with Crippen LogP contribution in [-0.4, -0.2) is 23.3 Å². The Morgan fingerprint density at radius 1 is 1.50 bits per heavy atom. The number of carboxylic acids is 1. The monoisotopic (exact) mass is 143 g/mol. The van der Waals surface area contributed by atoms with Crippen molar-refractivity contribution in [3.63, 3.8) is 0 Å². The number of aliphatic imine (C=N–C) groups is 1. The third-order valence-electron chi connectivity index (χ3n) is 0.997. The van der Waals surface area contributed by atoms with Crippen molar-refractivity contribution in [3.8, 4) is 0 Å². The zero-order valence-corrected chi connectivity index (χ0v) is 6.53. The second-order valence-corrected chi connectivity index (χ2v) is 2.52. The van der Waals surface area contributed by atoms with E-state index in [4.69, 9.17) is 5.11 Å². The van der Waals surface area contributed by atoms with Gasteiger partial charge in [0, 0.05) is 12.3 Å². The molecule has 1 unspecified atom stereocenters. The summed E-state index contributed by atoms with van der Waals surface area (Å²) in [5, 5.41) is 8.40. The van der Waals surface area contributed by atoms with Crippen molar-refractivity contribution in [2.75, 3.05) is 0 Å². The van der Waals surface area contributed by atoms with Gasteiger partial charge in [0.2, 0.25) is 0 Å². The molecule has 1 N–H and O–H groups in total. The van der Waals surface area contributed by atoms with Crippen molar-refractivity contribution in [1.82, 2.24) is 0 Å². The average Bonchev–Trinajstić information content (AvgIpc) is 1.82. The first-order valence-corrected chi connectivity index (χ1v) is 3.30. The van der Waals surface area contributed by atoms with E-state index in [0.717, 1.165) is 0 Å². The average molecular weight is 143 g/mol. The third kappa shape index (κ3) is 4.06. The number of carbonyl (C=O) groups is 1. The fourth-order valence-corrected chi connectivity index (χ4v) is 0.365. The number of hydrogen-bond acceptors (Lipinski definition) is 2. The van der Waals surface area contributed by atoms with Gasteiger partial charge in [-0.3, -0.25) is 9.79 Å². The lowest BCUT2D eigenvalue weighted by atomic mass is 10.2. The molecular formula is C7H13NO2. The summed E-state index contributed by atoms with van der Waals surface area (Å²) in [6.07, 6.45) is 1.47. The van der Waals surface area contributed by atoms with E-state index in [1.54, 1.807) is 6.92 Å². The predicted octanol–water partition coefficient (Wildman–Crippen LogP) is 1.19. The van der Waals surface area contributed by atoms with Crippen LogP contribution in [0.1, 0.15) is 20.8 Å². The molecule has 0 saturated heterocycles. The van der Waals surface area contributed by atoms with Crippen molar-refractivity contribution in [2.24, 2.45) is 10.9 Å². The summed E-state index contributed by atoms with van der Waals surface area (Å²) in [4.78, 5) is 14.2. The van der Waals surface area contributed by atoms with Gasteiger partial charge in [0.15, 0.2) is 0 Å². The summed E-state index contributed by atoms with van der Waals surface area (Å²) in [6, 6.07) is 0.182. The van der Waals surface area contributed by atoms with Crippen LogP contribution in [0.5, 0.6) is 0 Å². The van der Waals surface area contributed by atoms with Gasteiger partial charge in [-0.2, -0.15) is 0 Å². The van der Waals surface area contributed by atoms with Gasteiger partial charge < -0.3 is 5.11 Å². The minimum atomic E-state index is -0.829. The van der Waals surface area contributed by atoms with Crippen LogP contribution in [0.2, 0.25) is 0 Å². The summed E-state index contributed by atoms with van der Waals surface area (Å²) >= 11 is 0. The molecule has 1 atom stereocenters. The van der Waals surface area contributed by atoms with Crippen molar-refractivity contribution < 1.29 is 9.90 Å². The number of aliphatic carboxylic acids is 1. The van der Waals surface area contributed by atoms with Crippen LogP contribution in [0.25, 0.3) is 0 Å². The molecular weight excluding hydrogens is 130 g/mol. The van der Waals surface area contributed by atoms with E-state index in [2.05, 4.69) is 4.99 Å².